The number of piperazine rings is 1. The van der Waals surface area contributed by atoms with Gasteiger partial charge in [-0.2, -0.15) is 5.26 Å². The normalized spacial score (nSPS) is 15.8. The SMILES string of the molecule is N#Cc1ccccc1NC(=O)CN1CCN(Cc2cccs2)CC1. The molecule has 0 saturated carbocycles. The molecule has 0 atom stereocenters. The van der Waals surface area contributed by atoms with E-state index in [1.165, 1.54) is 4.88 Å². The Balaban J connectivity index is 1.46. The van der Waals surface area contributed by atoms with E-state index in [4.69, 9.17) is 5.26 Å². The Morgan fingerprint density at radius 1 is 1.12 bits per heavy atom. The molecule has 1 aliphatic rings. The summed E-state index contributed by atoms with van der Waals surface area (Å²) in [5, 5.41) is 14.0. The van der Waals surface area contributed by atoms with E-state index in [2.05, 4.69) is 38.7 Å². The van der Waals surface area contributed by atoms with E-state index < -0.39 is 0 Å². The minimum absolute atomic E-state index is 0.0654. The summed E-state index contributed by atoms with van der Waals surface area (Å²) >= 11 is 1.79. The van der Waals surface area contributed by atoms with Crippen LogP contribution in [0.2, 0.25) is 0 Å². The third kappa shape index (κ3) is 4.42. The molecule has 2 aromatic rings. The third-order valence-electron chi connectivity index (χ3n) is 4.11. The molecule has 1 aromatic heterocycles. The van der Waals surface area contributed by atoms with Crippen LogP contribution in [-0.4, -0.2) is 48.4 Å². The smallest absolute Gasteiger partial charge is 0.238 e. The van der Waals surface area contributed by atoms with Crippen LogP contribution in [0, 0.1) is 11.3 Å². The summed E-state index contributed by atoms with van der Waals surface area (Å²) < 4.78 is 0. The highest BCUT2D eigenvalue weighted by atomic mass is 32.1. The van der Waals surface area contributed by atoms with Crippen LogP contribution in [0.25, 0.3) is 0 Å². The number of rotatable bonds is 5. The average molecular weight is 340 g/mol. The number of nitrogens with zero attached hydrogens (tertiary/aromatic N) is 3. The van der Waals surface area contributed by atoms with E-state index in [9.17, 15) is 4.79 Å². The Hall–Kier alpha value is -2.20. The highest BCUT2D eigenvalue weighted by Crippen LogP contribution is 2.15. The summed E-state index contributed by atoms with van der Waals surface area (Å²) in [5.41, 5.74) is 1.08. The zero-order chi connectivity index (χ0) is 16.8. The molecular formula is C18H20N4OS. The molecule has 0 unspecified atom stereocenters. The van der Waals surface area contributed by atoms with Gasteiger partial charge in [0.2, 0.25) is 5.91 Å². The van der Waals surface area contributed by atoms with Crippen LogP contribution in [-0.2, 0) is 11.3 Å². The van der Waals surface area contributed by atoms with Gasteiger partial charge in [0.25, 0.3) is 0 Å². The van der Waals surface area contributed by atoms with Crippen LogP contribution in [0.3, 0.4) is 0 Å². The number of hydrogen-bond acceptors (Lipinski definition) is 5. The predicted octanol–water partition coefficient (Wildman–Crippen LogP) is 2.38. The summed E-state index contributed by atoms with van der Waals surface area (Å²) in [4.78, 5) is 18.2. The van der Waals surface area contributed by atoms with Gasteiger partial charge in [-0.3, -0.25) is 14.6 Å². The quantitative estimate of drug-likeness (QED) is 0.908. The molecule has 1 saturated heterocycles. The van der Waals surface area contributed by atoms with E-state index in [0.29, 0.717) is 17.8 Å². The molecule has 3 rings (SSSR count). The Labute approximate surface area is 146 Å². The fourth-order valence-corrected chi connectivity index (χ4v) is 3.56. The van der Waals surface area contributed by atoms with Crippen molar-refractivity contribution >= 4 is 22.9 Å². The van der Waals surface area contributed by atoms with Gasteiger partial charge in [0.1, 0.15) is 6.07 Å². The molecule has 0 bridgehead atoms. The lowest BCUT2D eigenvalue weighted by atomic mass is 10.2. The maximum atomic E-state index is 12.2. The van der Waals surface area contributed by atoms with E-state index in [0.717, 1.165) is 32.7 Å². The maximum Gasteiger partial charge on any atom is 0.238 e. The topological polar surface area (TPSA) is 59.4 Å². The number of hydrogen-bond donors (Lipinski definition) is 1. The molecule has 24 heavy (non-hydrogen) atoms. The largest absolute Gasteiger partial charge is 0.324 e. The molecule has 5 nitrogen and oxygen atoms in total. The van der Waals surface area contributed by atoms with Gasteiger partial charge in [0.05, 0.1) is 17.8 Å². The molecule has 6 heteroatoms. The summed E-state index contributed by atoms with van der Waals surface area (Å²) in [7, 11) is 0. The molecule has 0 aliphatic carbocycles. The first-order valence-electron chi connectivity index (χ1n) is 8.00. The van der Waals surface area contributed by atoms with Crippen LogP contribution >= 0.6 is 11.3 Å². The van der Waals surface area contributed by atoms with Gasteiger partial charge >= 0.3 is 0 Å². The molecule has 0 spiro atoms. The fraction of sp³-hybridized carbons (Fsp3) is 0.333. The molecule has 0 radical (unpaired) electrons. The Morgan fingerprint density at radius 2 is 1.88 bits per heavy atom. The van der Waals surface area contributed by atoms with Crippen LogP contribution in [0.4, 0.5) is 5.69 Å². The minimum atomic E-state index is -0.0654. The van der Waals surface area contributed by atoms with Gasteiger partial charge in [-0.25, -0.2) is 0 Å². The van der Waals surface area contributed by atoms with Gasteiger partial charge in [-0.05, 0) is 23.6 Å². The highest BCUT2D eigenvalue weighted by Gasteiger charge is 2.19. The lowest BCUT2D eigenvalue weighted by Crippen LogP contribution is -2.48. The summed E-state index contributed by atoms with van der Waals surface area (Å²) in [6, 6.07) is 13.4. The minimum Gasteiger partial charge on any atom is -0.324 e. The number of anilines is 1. The van der Waals surface area contributed by atoms with Gasteiger partial charge in [0.15, 0.2) is 0 Å². The third-order valence-corrected chi connectivity index (χ3v) is 4.97. The van der Waals surface area contributed by atoms with Crippen LogP contribution < -0.4 is 5.32 Å². The van der Waals surface area contributed by atoms with E-state index in [1.54, 1.807) is 29.5 Å². The van der Waals surface area contributed by atoms with Crippen molar-refractivity contribution in [1.29, 1.82) is 5.26 Å². The zero-order valence-electron chi connectivity index (χ0n) is 13.4. The van der Waals surface area contributed by atoms with Crippen LogP contribution in [0.1, 0.15) is 10.4 Å². The first-order valence-corrected chi connectivity index (χ1v) is 8.88. The van der Waals surface area contributed by atoms with Gasteiger partial charge in [-0.1, -0.05) is 18.2 Å². The highest BCUT2D eigenvalue weighted by molar-refractivity contribution is 7.09. The molecule has 1 aliphatic heterocycles. The molecule has 1 fully saturated rings. The molecule has 1 aromatic carbocycles. The Bertz CT molecular complexity index is 715. The summed E-state index contributed by atoms with van der Waals surface area (Å²) in [5.74, 6) is -0.0654. The number of nitrogens with one attached hydrogen (secondary N) is 1. The second-order valence-corrected chi connectivity index (χ2v) is 6.87. The zero-order valence-corrected chi connectivity index (χ0v) is 14.3. The van der Waals surface area contributed by atoms with Crippen molar-refractivity contribution in [2.24, 2.45) is 0 Å². The predicted molar refractivity (Wildman–Crippen MR) is 95.8 cm³/mol. The molecule has 124 valence electrons. The molecule has 1 N–H and O–H groups in total. The lowest BCUT2D eigenvalue weighted by molar-refractivity contribution is -0.117. The van der Waals surface area contributed by atoms with Crippen molar-refractivity contribution in [2.45, 2.75) is 6.54 Å². The van der Waals surface area contributed by atoms with Crippen molar-refractivity contribution in [1.82, 2.24) is 9.80 Å². The monoisotopic (exact) mass is 340 g/mol. The first-order chi connectivity index (χ1) is 11.7. The summed E-state index contributed by atoms with van der Waals surface area (Å²) in [6.07, 6.45) is 0. The fourth-order valence-electron chi connectivity index (χ4n) is 2.81. The lowest BCUT2D eigenvalue weighted by Gasteiger charge is -2.34. The van der Waals surface area contributed by atoms with Gasteiger partial charge < -0.3 is 5.32 Å². The number of thiophene rings is 1. The maximum absolute atomic E-state index is 12.2. The number of carbonyl (C=O) groups is 1. The Kier molecular flexibility index (Phi) is 5.59. The standard InChI is InChI=1S/C18H20N4OS/c19-12-15-4-1-2-6-17(15)20-18(23)14-22-9-7-21(8-10-22)13-16-5-3-11-24-16/h1-6,11H,7-10,13-14H2,(H,20,23). The number of carbonyl (C=O) groups excluding carboxylic acids is 1. The van der Waals surface area contributed by atoms with Crippen molar-refractivity contribution < 1.29 is 4.79 Å². The van der Waals surface area contributed by atoms with Gasteiger partial charge in [0, 0.05) is 37.6 Å². The van der Waals surface area contributed by atoms with Crippen molar-refractivity contribution in [2.75, 3.05) is 38.0 Å². The second kappa shape index (κ2) is 8.06. The Morgan fingerprint density at radius 3 is 2.58 bits per heavy atom. The van der Waals surface area contributed by atoms with Crippen LogP contribution in [0.15, 0.2) is 41.8 Å². The second-order valence-electron chi connectivity index (χ2n) is 5.84. The molecule has 1 amide bonds. The average Bonchev–Trinajstić information content (AvgIpc) is 3.10. The molecule has 2 heterocycles. The number of nitriles is 1. The van der Waals surface area contributed by atoms with Crippen LogP contribution in [0.5, 0.6) is 0 Å². The summed E-state index contributed by atoms with van der Waals surface area (Å²) in [6.45, 7) is 5.08. The van der Waals surface area contributed by atoms with Crippen molar-refractivity contribution in [3.8, 4) is 6.07 Å². The van der Waals surface area contributed by atoms with Crippen molar-refractivity contribution in [3.63, 3.8) is 0 Å². The number of para-hydroxylation sites is 1. The van der Waals surface area contributed by atoms with E-state index in [1.807, 2.05) is 6.07 Å². The number of benzene rings is 1. The first kappa shape index (κ1) is 16.7. The molecular weight excluding hydrogens is 320 g/mol. The van der Waals surface area contributed by atoms with Crippen molar-refractivity contribution in [3.05, 3.63) is 52.2 Å². The van der Waals surface area contributed by atoms with E-state index >= 15 is 0 Å². The van der Waals surface area contributed by atoms with Gasteiger partial charge in [-0.15, -0.1) is 11.3 Å². The van der Waals surface area contributed by atoms with E-state index in [-0.39, 0.29) is 5.91 Å². The number of amides is 1.